The van der Waals surface area contributed by atoms with Crippen LogP contribution in [0.25, 0.3) is 0 Å². The summed E-state index contributed by atoms with van der Waals surface area (Å²) in [5.74, 6) is -1.12. The van der Waals surface area contributed by atoms with E-state index in [1.165, 1.54) is 4.90 Å². The third kappa shape index (κ3) is 2.93. The largest absolute Gasteiger partial charge is 0.497 e. The number of hydrogen-bond acceptors (Lipinski definition) is 4. The summed E-state index contributed by atoms with van der Waals surface area (Å²) in [5.41, 5.74) is 0.715. The van der Waals surface area contributed by atoms with E-state index in [0.717, 1.165) is 0 Å². The number of carbonyl (C=O) groups is 3. The highest BCUT2D eigenvalue weighted by Crippen LogP contribution is 2.29. The van der Waals surface area contributed by atoms with Crippen molar-refractivity contribution in [2.45, 2.75) is 25.3 Å². The van der Waals surface area contributed by atoms with Crippen molar-refractivity contribution >= 4 is 23.5 Å². The molecule has 7 nitrogen and oxygen atoms in total. The maximum Gasteiger partial charge on any atom is 0.326 e. The highest BCUT2D eigenvalue weighted by molar-refractivity contribution is 6.01. The number of anilines is 1. The van der Waals surface area contributed by atoms with Gasteiger partial charge in [-0.05, 0) is 37.1 Å². The van der Waals surface area contributed by atoms with Crippen LogP contribution >= 0.6 is 0 Å². The zero-order valence-corrected chi connectivity index (χ0v) is 13.5. The normalized spacial score (nSPS) is 23.6. The van der Waals surface area contributed by atoms with Crippen molar-refractivity contribution in [3.05, 3.63) is 24.3 Å². The average molecular weight is 332 g/mol. The molecule has 1 aromatic rings. The van der Waals surface area contributed by atoms with E-state index in [2.05, 4.69) is 0 Å². The van der Waals surface area contributed by atoms with E-state index < -0.39 is 17.9 Å². The van der Waals surface area contributed by atoms with Crippen LogP contribution in [0.5, 0.6) is 5.75 Å². The average Bonchev–Trinajstić information content (AvgIpc) is 3.21. The summed E-state index contributed by atoms with van der Waals surface area (Å²) in [6.07, 6.45) is 1.28. The Balaban J connectivity index is 1.71. The van der Waals surface area contributed by atoms with Gasteiger partial charge in [-0.1, -0.05) is 0 Å². The zero-order valence-electron chi connectivity index (χ0n) is 13.5. The Bertz CT molecular complexity index is 657. The number of carboxylic acids is 1. The second-order valence-corrected chi connectivity index (χ2v) is 6.13. The number of nitrogens with zero attached hydrogens (tertiary/aromatic N) is 2. The van der Waals surface area contributed by atoms with E-state index in [9.17, 15) is 19.5 Å². The summed E-state index contributed by atoms with van der Waals surface area (Å²) in [6, 6.07) is 6.32. The quantitative estimate of drug-likeness (QED) is 0.893. The fourth-order valence-electron chi connectivity index (χ4n) is 3.41. The van der Waals surface area contributed by atoms with Gasteiger partial charge in [0.15, 0.2) is 0 Å². The Morgan fingerprint density at radius 1 is 1.25 bits per heavy atom. The van der Waals surface area contributed by atoms with Crippen molar-refractivity contribution in [1.82, 2.24) is 4.90 Å². The standard InChI is InChI=1S/C17H20N2O5/c1-24-13-6-4-12(5-7-13)19-10-11(9-15(19)20)16(21)18-8-2-3-14(18)17(22)23/h4-7,11,14H,2-3,8-10H2,1H3,(H,22,23)/t11?,14-/m1/s1. The number of amides is 2. The van der Waals surface area contributed by atoms with Gasteiger partial charge in [0, 0.05) is 25.2 Å². The summed E-state index contributed by atoms with van der Waals surface area (Å²) in [4.78, 5) is 39.2. The van der Waals surface area contributed by atoms with Gasteiger partial charge in [0.2, 0.25) is 11.8 Å². The van der Waals surface area contributed by atoms with E-state index >= 15 is 0 Å². The van der Waals surface area contributed by atoms with Gasteiger partial charge in [-0.2, -0.15) is 0 Å². The van der Waals surface area contributed by atoms with Gasteiger partial charge in [0.05, 0.1) is 13.0 Å². The molecular formula is C17H20N2O5. The lowest BCUT2D eigenvalue weighted by Gasteiger charge is -2.24. The summed E-state index contributed by atoms with van der Waals surface area (Å²) < 4.78 is 5.10. The van der Waals surface area contributed by atoms with Crippen LogP contribution < -0.4 is 9.64 Å². The van der Waals surface area contributed by atoms with Crippen LogP contribution in [-0.2, 0) is 14.4 Å². The molecule has 1 aromatic carbocycles. The fraction of sp³-hybridized carbons (Fsp3) is 0.471. The third-order valence-electron chi connectivity index (χ3n) is 4.68. The van der Waals surface area contributed by atoms with E-state index in [1.807, 2.05) is 0 Å². The molecule has 0 aromatic heterocycles. The van der Waals surface area contributed by atoms with Gasteiger partial charge in [-0.3, -0.25) is 9.59 Å². The summed E-state index contributed by atoms with van der Waals surface area (Å²) in [7, 11) is 1.57. The number of rotatable bonds is 4. The minimum absolute atomic E-state index is 0.119. The Labute approximate surface area is 139 Å². The van der Waals surface area contributed by atoms with Gasteiger partial charge in [0.25, 0.3) is 0 Å². The minimum atomic E-state index is -0.975. The van der Waals surface area contributed by atoms with Crippen LogP contribution in [0.4, 0.5) is 5.69 Å². The molecule has 0 saturated carbocycles. The lowest BCUT2D eigenvalue weighted by molar-refractivity contribution is -0.149. The first-order valence-electron chi connectivity index (χ1n) is 7.99. The lowest BCUT2D eigenvalue weighted by atomic mass is 10.1. The maximum atomic E-state index is 12.6. The molecule has 0 radical (unpaired) electrons. The minimum Gasteiger partial charge on any atom is -0.497 e. The Hall–Kier alpha value is -2.57. The SMILES string of the molecule is COc1ccc(N2CC(C(=O)N3CCC[C@@H]3C(=O)O)CC2=O)cc1. The zero-order chi connectivity index (χ0) is 17.3. The fourth-order valence-corrected chi connectivity index (χ4v) is 3.41. The molecule has 3 rings (SSSR count). The van der Waals surface area contributed by atoms with E-state index in [1.54, 1.807) is 36.3 Å². The first-order chi connectivity index (χ1) is 11.5. The lowest BCUT2D eigenvalue weighted by Crippen LogP contribution is -2.44. The van der Waals surface area contributed by atoms with Crippen molar-refractivity contribution < 1.29 is 24.2 Å². The smallest absolute Gasteiger partial charge is 0.326 e. The molecule has 2 saturated heterocycles. The number of benzene rings is 1. The molecule has 2 atom stereocenters. The molecule has 0 aliphatic carbocycles. The first kappa shape index (κ1) is 16.3. The predicted molar refractivity (Wildman–Crippen MR) is 85.8 cm³/mol. The Morgan fingerprint density at radius 2 is 1.96 bits per heavy atom. The van der Waals surface area contributed by atoms with E-state index in [0.29, 0.717) is 30.8 Å². The number of carbonyl (C=O) groups excluding carboxylic acids is 2. The van der Waals surface area contributed by atoms with Crippen molar-refractivity contribution in [3.8, 4) is 5.75 Å². The van der Waals surface area contributed by atoms with Crippen LogP contribution in [0.2, 0.25) is 0 Å². The molecule has 2 amide bonds. The van der Waals surface area contributed by atoms with Crippen LogP contribution in [0.1, 0.15) is 19.3 Å². The first-order valence-corrected chi connectivity index (χ1v) is 7.99. The van der Waals surface area contributed by atoms with Crippen LogP contribution in [0.3, 0.4) is 0 Å². The predicted octanol–water partition coefficient (Wildman–Crippen LogP) is 1.12. The summed E-state index contributed by atoms with van der Waals surface area (Å²) >= 11 is 0. The second-order valence-electron chi connectivity index (χ2n) is 6.13. The highest BCUT2D eigenvalue weighted by Gasteiger charge is 2.42. The van der Waals surface area contributed by atoms with Crippen molar-refractivity contribution in [2.75, 3.05) is 25.1 Å². The van der Waals surface area contributed by atoms with Gasteiger partial charge in [-0.25, -0.2) is 4.79 Å². The van der Waals surface area contributed by atoms with Crippen molar-refractivity contribution in [2.24, 2.45) is 5.92 Å². The van der Waals surface area contributed by atoms with Gasteiger partial charge < -0.3 is 19.6 Å². The van der Waals surface area contributed by atoms with Crippen molar-refractivity contribution in [3.63, 3.8) is 0 Å². The Morgan fingerprint density at radius 3 is 2.58 bits per heavy atom. The van der Waals surface area contributed by atoms with Crippen molar-refractivity contribution in [1.29, 1.82) is 0 Å². The number of hydrogen-bond donors (Lipinski definition) is 1. The molecule has 2 fully saturated rings. The highest BCUT2D eigenvalue weighted by atomic mass is 16.5. The molecule has 2 heterocycles. The summed E-state index contributed by atoms with van der Waals surface area (Å²) in [5, 5.41) is 9.22. The number of carboxylic acid groups (broad SMARTS) is 1. The molecule has 24 heavy (non-hydrogen) atoms. The molecule has 1 unspecified atom stereocenters. The van der Waals surface area contributed by atoms with Gasteiger partial charge in [-0.15, -0.1) is 0 Å². The third-order valence-corrected chi connectivity index (χ3v) is 4.68. The molecule has 7 heteroatoms. The summed E-state index contributed by atoms with van der Waals surface area (Å²) in [6.45, 7) is 0.732. The molecule has 0 bridgehead atoms. The molecule has 1 N–H and O–H groups in total. The van der Waals surface area contributed by atoms with Crippen LogP contribution in [-0.4, -0.2) is 54.0 Å². The number of ether oxygens (including phenoxy) is 1. The maximum absolute atomic E-state index is 12.6. The van der Waals surface area contributed by atoms with Gasteiger partial charge in [0.1, 0.15) is 11.8 Å². The number of likely N-dealkylation sites (tertiary alicyclic amines) is 1. The molecule has 0 spiro atoms. The van der Waals surface area contributed by atoms with Gasteiger partial charge >= 0.3 is 5.97 Å². The number of methoxy groups -OCH3 is 1. The van der Waals surface area contributed by atoms with E-state index in [-0.39, 0.29) is 24.8 Å². The molecule has 2 aliphatic rings. The van der Waals surface area contributed by atoms with Crippen LogP contribution in [0.15, 0.2) is 24.3 Å². The monoisotopic (exact) mass is 332 g/mol. The molecule has 128 valence electrons. The van der Waals surface area contributed by atoms with Crippen LogP contribution in [0, 0.1) is 5.92 Å². The topological polar surface area (TPSA) is 87.2 Å². The molecule has 2 aliphatic heterocycles. The number of aliphatic carboxylic acids is 1. The Kier molecular flexibility index (Phi) is 4.42. The van der Waals surface area contributed by atoms with E-state index in [4.69, 9.17) is 4.74 Å². The molecular weight excluding hydrogens is 312 g/mol. The second kappa shape index (κ2) is 6.51.